The van der Waals surface area contributed by atoms with Gasteiger partial charge in [0.1, 0.15) is 0 Å². The first-order valence-corrected chi connectivity index (χ1v) is 5.40. The van der Waals surface area contributed by atoms with Crippen LogP contribution in [0.2, 0.25) is 0 Å². The van der Waals surface area contributed by atoms with Crippen LogP contribution in [-0.2, 0) is 12.8 Å². The van der Waals surface area contributed by atoms with Crippen LogP contribution in [0, 0.1) is 0 Å². The van der Waals surface area contributed by atoms with Crippen LogP contribution in [0.5, 0.6) is 0 Å². The summed E-state index contributed by atoms with van der Waals surface area (Å²) in [5, 5.41) is 3.55. The molecule has 1 aromatic carbocycles. The molecular formula is C12H20Cl2N2. The van der Waals surface area contributed by atoms with Gasteiger partial charge in [0, 0.05) is 6.04 Å². The third-order valence-electron chi connectivity index (χ3n) is 2.86. The van der Waals surface area contributed by atoms with Crippen LogP contribution < -0.4 is 11.1 Å². The first-order valence-electron chi connectivity index (χ1n) is 5.40. The lowest BCUT2D eigenvalue weighted by Crippen LogP contribution is -2.31. The van der Waals surface area contributed by atoms with E-state index in [1.807, 2.05) is 0 Å². The molecule has 1 aromatic rings. The van der Waals surface area contributed by atoms with Crippen LogP contribution in [-0.4, -0.2) is 19.1 Å². The first kappa shape index (κ1) is 15.7. The number of nitrogens with two attached hydrogens (primary N) is 1. The van der Waals surface area contributed by atoms with Gasteiger partial charge in [-0.05, 0) is 43.5 Å². The highest BCUT2D eigenvalue weighted by atomic mass is 35.5. The lowest BCUT2D eigenvalue weighted by atomic mass is 10.1. The Balaban J connectivity index is 0.00000112. The van der Waals surface area contributed by atoms with Crippen molar-refractivity contribution in [3.8, 4) is 0 Å². The van der Waals surface area contributed by atoms with Gasteiger partial charge in [-0.1, -0.05) is 24.3 Å². The summed E-state index contributed by atoms with van der Waals surface area (Å²) >= 11 is 0. The van der Waals surface area contributed by atoms with Crippen LogP contribution in [0.3, 0.4) is 0 Å². The predicted octanol–water partition coefficient (Wildman–Crippen LogP) is 1.94. The Kier molecular flexibility index (Phi) is 7.77. The molecule has 0 spiro atoms. The maximum atomic E-state index is 5.46. The number of halogens is 2. The summed E-state index contributed by atoms with van der Waals surface area (Å²) in [7, 11) is 0. The molecule has 2 nitrogen and oxygen atoms in total. The molecule has 0 aromatic heterocycles. The Morgan fingerprint density at radius 2 is 1.69 bits per heavy atom. The summed E-state index contributed by atoms with van der Waals surface area (Å²) in [6, 6.07) is 9.36. The highest BCUT2D eigenvalue weighted by Gasteiger charge is 2.19. The number of benzene rings is 1. The molecule has 0 saturated carbocycles. The van der Waals surface area contributed by atoms with Crippen LogP contribution in [0.1, 0.15) is 17.5 Å². The quantitative estimate of drug-likeness (QED) is 0.815. The van der Waals surface area contributed by atoms with E-state index in [0.717, 1.165) is 19.5 Å². The van der Waals surface area contributed by atoms with Gasteiger partial charge in [0.25, 0.3) is 0 Å². The predicted molar refractivity (Wildman–Crippen MR) is 73.8 cm³/mol. The second-order valence-electron chi connectivity index (χ2n) is 3.97. The molecule has 1 aliphatic carbocycles. The Labute approximate surface area is 110 Å². The number of nitrogens with one attached hydrogen (secondary N) is 1. The average Bonchev–Trinajstić information content (AvgIpc) is 2.60. The smallest absolute Gasteiger partial charge is 0.0148 e. The molecular weight excluding hydrogens is 243 g/mol. The van der Waals surface area contributed by atoms with Gasteiger partial charge in [0.05, 0.1) is 0 Å². The molecule has 0 fully saturated rings. The highest BCUT2D eigenvalue weighted by Crippen LogP contribution is 2.21. The molecule has 0 saturated heterocycles. The second-order valence-corrected chi connectivity index (χ2v) is 3.97. The Hall–Kier alpha value is -0.280. The summed E-state index contributed by atoms with van der Waals surface area (Å²) < 4.78 is 0. The van der Waals surface area contributed by atoms with E-state index < -0.39 is 0 Å². The molecule has 0 bridgehead atoms. The molecule has 0 heterocycles. The van der Waals surface area contributed by atoms with Gasteiger partial charge in [-0.3, -0.25) is 0 Å². The SMILES string of the molecule is Cl.Cl.NCCCNC1Cc2ccccc2C1. The molecule has 4 heteroatoms. The van der Waals surface area contributed by atoms with Crippen molar-refractivity contribution in [2.75, 3.05) is 13.1 Å². The maximum absolute atomic E-state index is 5.46. The van der Waals surface area contributed by atoms with Gasteiger partial charge in [0.15, 0.2) is 0 Å². The number of hydrogen-bond acceptors (Lipinski definition) is 2. The van der Waals surface area contributed by atoms with E-state index in [0.29, 0.717) is 6.04 Å². The third-order valence-corrected chi connectivity index (χ3v) is 2.86. The van der Waals surface area contributed by atoms with Crippen molar-refractivity contribution in [2.24, 2.45) is 5.73 Å². The summed E-state index contributed by atoms with van der Waals surface area (Å²) in [5.41, 5.74) is 8.48. The van der Waals surface area contributed by atoms with E-state index in [9.17, 15) is 0 Å². The van der Waals surface area contributed by atoms with Gasteiger partial charge in [0.2, 0.25) is 0 Å². The van der Waals surface area contributed by atoms with E-state index in [-0.39, 0.29) is 24.8 Å². The van der Waals surface area contributed by atoms with E-state index in [1.54, 1.807) is 0 Å². The van der Waals surface area contributed by atoms with E-state index in [1.165, 1.54) is 24.0 Å². The second kappa shape index (κ2) is 7.91. The molecule has 0 amide bonds. The molecule has 0 radical (unpaired) electrons. The van der Waals surface area contributed by atoms with Crippen molar-refractivity contribution in [1.29, 1.82) is 0 Å². The van der Waals surface area contributed by atoms with Crippen molar-refractivity contribution in [1.82, 2.24) is 5.32 Å². The summed E-state index contributed by atoms with van der Waals surface area (Å²) in [5.74, 6) is 0. The summed E-state index contributed by atoms with van der Waals surface area (Å²) in [4.78, 5) is 0. The summed E-state index contributed by atoms with van der Waals surface area (Å²) in [6.07, 6.45) is 3.44. The van der Waals surface area contributed by atoms with Gasteiger partial charge in [-0.2, -0.15) is 0 Å². The van der Waals surface area contributed by atoms with Crippen LogP contribution >= 0.6 is 24.8 Å². The van der Waals surface area contributed by atoms with Crippen molar-refractivity contribution in [2.45, 2.75) is 25.3 Å². The van der Waals surface area contributed by atoms with Crippen LogP contribution in [0.25, 0.3) is 0 Å². The van der Waals surface area contributed by atoms with Gasteiger partial charge in [-0.15, -0.1) is 24.8 Å². The van der Waals surface area contributed by atoms with Crippen molar-refractivity contribution >= 4 is 24.8 Å². The number of rotatable bonds is 4. The zero-order chi connectivity index (χ0) is 9.80. The molecule has 3 N–H and O–H groups in total. The lowest BCUT2D eigenvalue weighted by Gasteiger charge is -2.10. The van der Waals surface area contributed by atoms with Crippen molar-refractivity contribution in [3.63, 3.8) is 0 Å². The molecule has 0 atom stereocenters. The Morgan fingerprint density at radius 3 is 2.19 bits per heavy atom. The fraction of sp³-hybridized carbons (Fsp3) is 0.500. The molecule has 1 aliphatic rings. The topological polar surface area (TPSA) is 38.0 Å². The Morgan fingerprint density at radius 1 is 1.12 bits per heavy atom. The van der Waals surface area contributed by atoms with Gasteiger partial charge >= 0.3 is 0 Å². The zero-order valence-electron chi connectivity index (χ0n) is 9.32. The molecule has 2 rings (SSSR count). The first-order chi connectivity index (χ1) is 6.90. The summed E-state index contributed by atoms with van der Waals surface area (Å²) in [6.45, 7) is 1.84. The third kappa shape index (κ3) is 3.95. The molecule has 92 valence electrons. The fourth-order valence-corrected chi connectivity index (χ4v) is 2.11. The van der Waals surface area contributed by atoms with Gasteiger partial charge < -0.3 is 11.1 Å². The normalized spacial score (nSPS) is 13.8. The minimum absolute atomic E-state index is 0. The largest absolute Gasteiger partial charge is 0.330 e. The average molecular weight is 263 g/mol. The fourth-order valence-electron chi connectivity index (χ4n) is 2.11. The van der Waals surface area contributed by atoms with Crippen molar-refractivity contribution < 1.29 is 0 Å². The molecule has 0 unspecified atom stereocenters. The molecule has 16 heavy (non-hydrogen) atoms. The van der Waals surface area contributed by atoms with Crippen LogP contribution in [0.4, 0.5) is 0 Å². The number of hydrogen-bond donors (Lipinski definition) is 2. The van der Waals surface area contributed by atoms with Crippen LogP contribution in [0.15, 0.2) is 24.3 Å². The number of fused-ring (bicyclic) bond motifs is 1. The highest BCUT2D eigenvalue weighted by molar-refractivity contribution is 5.85. The minimum atomic E-state index is 0. The standard InChI is InChI=1S/C12H18N2.2ClH/c13-6-3-7-14-12-8-10-4-1-2-5-11(10)9-12;;/h1-2,4-5,12,14H,3,6-9,13H2;2*1H. The van der Waals surface area contributed by atoms with E-state index in [2.05, 4.69) is 29.6 Å². The van der Waals surface area contributed by atoms with Crippen molar-refractivity contribution in [3.05, 3.63) is 35.4 Å². The molecule has 0 aliphatic heterocycles. The van der Waals surface area contributed by atoms with E-state index in [4.69, 9.17) is 5.73 Å². The lowest BCUT2D eigenvalue weighted by molar-refractivity contribution is 0.525. The zero-order valence-corrected chi connectivity index (χ0v) is 10.9. The minimum Gasteiger partial charge on any atom is -0.330 e. The Bertz CT molecular complexity index is 280. The monoisotopic (exact) mass is 262 g/mol. The maximum Gasteiger partial charge on any atom is 0.0148 e. The van der Waals surface area contributed by atoms with Gasteiger partial charge in [-0.25, -0.2) is 0 Å². The van der Waals surface area contributed by atoms with E-state index >= 15 is 0 Å².